The van der Waals surface area contributed by atoms with E-state index in [9.17, 15) is 0 Å². The number of nitrogens with zero attached hydrogens (tertiary/aromatic N) is 3. The number of aromatic nitrogens is 2. The minimum Gasteiger partial charge on any atom is -0.495 e. The second kappa shape index (κ2) is 7.82. The van der Waals surface area contributed by atoms with Gasteiger partial charge in [0.1, 0.15) is 11.6 Å². The molecule has 7 heteroatoms. The van der Waals surface area contributed by atoms with E-state index in [4.69, 9.17) is 16.3 Å². The van der Waals surface area contributed by atoms with E-state index in [-0.39, 0.29) is 0 Å². The zero-order valence-corrected chi connectivity index (χ0v) is 13.7. The first-order chi connectivity index (χ1) is 10.6. The van der Waals surface area contributed by atoms with Crippen LogP contribution in [0.2, 0.25) is 5.02 Å². The molecule has 2 rings (SSSR count). The minimum atomic E-state index is 0.577. The van der Waals surface area contributed by atoms with Crippen LogP contribution in [0.25, 0.3) is 0 Å². The number of rotatable bonds is 7. The summed E-state index contributed by atoms with van der Waals surface area (Å²) in [6.07, 6.45) is 1.70. The van der Waals surface area contributed by atoms with E-state index in [1.165, 1.54) is 0 Å². The Morgan fingerprint density at radius 2 is 2.09 bits per heavy atom. The van der Waals surface area contributed by atoms with Crippen molar-refractivity contribution in [1.29, 1.82) is 0 Å². The topological polar surface area (TPSA) is 62.3 Å². The quantitative estimate of drug-likeness (QED) is 0.817. The third-order valence-corrected chi connectivity index (χ3v) is 3.16. The Morgan fingerprint density at radius 3 is 2.82 bits per heavy atom. The molecule has 0 atom stereocenters. The number of hydrogen-bond donors (Lipinski definition) is 2. The first kappa shape index (κ1) is 16.3. The van der Waals surface area contributed by atoms with Crippen molar-refractivity contribution in [3.05, 3.63) is 35.5 Å². The van der Waals surface area contributed by atoms with Crippen LogP contribution in [0, 0.1) is 0 Å². The van der Waals surface area contributed by atoms with Gasteiger partial charge >= 0.3 is 0 Å². The Balaban J connectivity index is 2.08. The van der Waals surface area contributed by atoms with Gasteiger partial charge in [-0.15, -0.1) is 0 Å². The van der Waals surface area contributed by atoms with Crippen molar-refractivity contribution in [2.24, 2.45) is 0 Å². The van der Waals surface area contributed by atoms with Gasteiger partial charge in [0.15, 0.2) is 0 Å². The third-order valence-electron chi connectivity index (χ3n) is 2.92. The summed E-state index contributed by atoms with van der Waals surface area (Å²) < 4.78 is 5.31. The van der Waals surface area contributed by atoms with Crippen LogP contribution in [0.1, 0.15) is 0 Å². The molecule has 2 N–H and O–H groups in total. The number of anilines is 3. The lowest BCUT2D eigenvalue weighted by atomic mass is 10.3. The van der Waals surface area contributed by atoms with Gasteiger partial charge in [-0.3, -0.25) is 0 Å². The SMILES string of the molecule is COc1ccc(Cl)cc1Nc1ccnc(NCCN(C)C)n1. The number of benzene rings is 1. The van der Waals surface area contributed by atoms with E-state index in [1.807, 2.05) is 20.2 Å². The Morgan fingerprint density at radius 1 is 1.27 bits per heavy atom. The summed E-state index contributed by atoms with van der Waals surface area (Å²) in [5, 5.41) is 7.00. The fourth-order valence-electron chi connectivity index (χ4n) is 1.82. The number of likely N-dealkylation sites (N-methyl/N-ethyl adjacent to an activating group) is 1. The number of methoxy groups -OCH3 is 1. The molecule has 6 nitrogen and oxygen atoms in total. The van der Waals surface area contributed by atoms with Crippen LogP contribution in [-0.2, 0) is 0 Å². The molecule has 0 aliphatic carbocycles. The molecular weight excluding hydrogens is 302 g/mol. The van der Waals surface area contributed by atoms with Crippen LogP contribution in [-0.4, -0.2) is 49.2 Å². The average molecular weight is 322 g/mol. The summed E-state index contributed by atoms with van der Waals surface area (Å²) >= 11 is 6.02. The zero-order chi connectivity index (χ0) is 15.9. The molecule has 1 heterocycles. The van der Waals surface area contributed by atoms with Crippen LogP contribution in [0.3, 0.4) is 0 Å². The van der Waals surface area contributed by atoms with Crippen LogP contribution in [0.15, 0.2) is 30.5 Å². The Labute approximate surface area is 135 Å². The number of nitrogens with one attached hydrogen (secondary N) is 2. The van der Waals surface area contributed by atoms with Crippen LogP contribution in [0.5, 0.6) is 5.75 Å². The summed E-state index contributed by atoms with van der Waals surface area (Å²) in [4.78, 5) is 10.7. The highest BCUT2D eigenvalue weighted by molar-refractivity contribution is 6.31. The molecule has 1 aromatic heterocycles. The van der Waals surface area contributed by atoms with Gasteiger partial charge in [0, 0.05) is 24.3 Å². The van der Waals surface area contributed by atoms with Crippen molar-refractivity contribution in [3.63, 3.8) is 0 Å². The summed E-state index contributed by atoms with van der Waals surface area (Å²) in [5.74, 6) is 1.95. The second-order valence-corrected chi connectivity index (χ2v) is 5.40. The zero-order valence-electron chi connectivity index (χ0n) is 12.9. The first-order valence-corrected chi connectivity index (χ1v) is 7.28. The van der Waals surface area contributed by atoms with Crippen molar-refractivity contribution in [2.75, 3.05) is 44.9 Å². The van der Waals surface area contributed by atoms with Crippen LogP contribution >= 0.6 is 11.6 Å². The Bertz CT molecular complexity index is 621. The minimum absolute atomic E-state index is 0.577. The van der Waals surface area contributed by atoms with Gasteiger partial charge in [-0.2, -0.15) is 4.98 Å². The van der Waals surface area contributed by atoms with Gasteiger partial charge in [-0.05, 0) is 38.4 Å². The number of ether oxygens (including phenoxy) is 1. The van der Waals surface area contributed by atoms with Crippen LogP contribution in [0.4, 0.5) is 17.5 Å². The molecule has 0 saturated carbocycles. The maximum Gasteiger partial charge on any atom is 0.224 e. The molecule has 0 bridgehead atoms. The molecule has 2 aromatic rings. The van der Waals surface area contributed by atoms with Crippen molar-refractivity contribution < 1.29 is 4.74 Å². The highest BCUT2D eigenvalue weighted by Crippen LogP contribution is 2.29. The molecule has 0 aliphatic rings. The molecule has 22 heavy (non-hydrogen) atoms. The van der Waals surface area contributed by atoms with Gasteiger partial charge in [-0.1, -0.05) is 11.6 Å². The second-order valence-electron chi connectivity index (χ2n) is 4.97. The normalized spacial score (nSPS) is 10.6. The lowest BCUT2D eigenvalue weighted by molar-refractivity contribution is 0.417. The van der Waals surface area contributed by atoms with Gasteiger partial charge in [0.25, 0.3) is 0 Å². The lowest BCUT2D eigenvalue weighted by Crippen LogP contribution is -2.21. The predicted molar refractivity (Wildman–Crippen MR) is 90.4 cm³/mol. The summed E-state index contributed by atoms with van der Waals surface area (Å²) in [7, 11) is 5.65. The monoisotopic (exact) mass is 321 g/mol. The van der Waals surface area contributed by atoms with Crippen molar-refractivity contribution in [1.82, 2.24) is 14.9 Å². The highest BCUT2D eigenvalue weighted by Gasteiger charge is 2.06. The van der Waals surface area contributed by atoms with E-state index < -0.39 is 0 Å². The molecular formula is C15H20ClN5O. The maximum absolute atomic E-state index is 6.02. The van der Waals surface area contributed by atoms with Crippen molar-refractivity contribution >= 4 is 29.1 Å². The van der Waals surface area contributed by atoms with Gasteiger partial charge in [0.2, 0.25) is 5.95 Å². The summed E-state index contributed by atoms with van der Waals surface area (Å²) in [6.45, 7) is 1.68. The standard InChI is InChI=1S/C15H20ClN5O/c1-21(2)9-8-18-15-17-7-6-14(20-15)19-12-10-11(16)4-5-13(12)22-3/h4-7,10H,8-9H2,1-3H3,(H2,17,18,19,20). The Hall–Kier alpha value is -2.05. The number of halogens is 1. The molecule has 0 radical (unpaired) electrons. The average Bonchev–Trinajstić information content (AvgIpc) is 2.47. The molecule has 0 aliphatic heterocycles. The lowest BCUT2D eigenvalue weighted by Gasteiger charge is -2.13. The molecule has 1 aromatic carbocycles. The third kappa shape index (κ3) is 4.75. The fraction of sp³-hybridized carbons (Fsp3) is 0.333. The Kier molecular flexibility index (Phi) is 5.80. The number of hydrogen-bond acceptors (Lipinski definition) is 6. The molecule has 0 spiro atoms. The van der Waals surface area contributed by atoms with Gasteiger partial charge in [0.05, 0.1) is 12.8 Å². The first-order valence-electron chi connectivity index (χ1n) is 6.90. The van der Waals surface area contributed by atoms with Gasteiger partial charge < -0.3 is 20.3 Å². The smallest absolute Gasteiger partial charge is 0.224 e. The van der Waals surface area contributed by atoms with Gasteiger partial charge in [-0.25, -0.2) is 4.98 Å². The predicted octanol–water partition coefficient (Wildman–Crippen LogP) is 2.86. The summed E-state index contributed by atoms with van der Waals surface area (Å²) in [5.41, 5.74) is 0.757. The maximum atomic E-state index is 6.02. The van der Waals surface area contributed by atoms with E-state index in [0.29, 0.717) is 22.5 Å². The fourth-order valence-corrected chi connectivity index (χ4v) is 1.99. The van der Waals surface area contributed by atoms with E-state index in [2.05, 4.69) is 25.5 Å². The van der Waals surface area contributed by atoms with Crippen LogP contribution < -0.4 is 15.4 Å². The van der Waals surface area contributed by atoms with Crippen molar-refractivity contribution in [2.45, 2.75) is 0 Å². The molecule has 118 valence electrons. The molecule has 0 saturated heterocycles. The largest absolute Gasteiger partial charge is 0.495 e. The van der Waals surface area contributed by atoms with E-state index >= 15 is 0 Å². The van der Waals surface area contributed by atoms with Crippen molar-refractivity contribution in [3.8, 4) is 5.75 Å². The molecule has 0 unspecified atom stereocenters. The van der Waals surface area contributed by atoms with E-state index in [0.717, 1.165) is 18.8 Å². The molecule has 0 fully saturated rings. The summed E-state index contributed by atoms with van der Waals surface area (Å²) in [6, 6.07) is 7.17. The molecule has 0 amide bonds. The van der Waals surface area contributed by atoms with E-state index in [1.54, 1.807) is 31.5 Å². The highest BCUT2D eigenvalue weighted by atomic mass is 35.5.